The van der Waals surface area contributed by atoms with E-state index in [0.29, 0.717) is 0 Å². The number of halogens is 4. The summed E-state index contributed by atoms with van der Waals surface area (Å²) in [5, 5.41) is 3.16. The van der Waals surface area contributed by atoms with E-state index in [0.717, 1.165) is 45.0 Å². The molecule has 1 saturated heterocycles. The number of anilines is 1. The van der Waals surface area contributed by atoms with E-state index < -0.39 is 11.7 Å². The molecule has 1 fully saturated rings. The second kappa shape index (κ2) is 6.88. The SMILES string of the molecule is CCN1CCCC(Nc2c(Cl)cccc2C(F)(F)F)CC1. The second-order valence-electron chi connectivity index (χ2n) is 5.37. The molecule has 1 atom stereocenters. The molecular formula is C15H20ClF3N2. The minimum absolute atomic E-state index is 0.0154. The summed E-state index contributed by atoms with van der Waals surface area (Å²) in [7, 11) is 0. The van der Waals surface area contributed by atoms with E-state index in [1.165, 1.54) is 12.1 Å². The third-order valence-corrected chi connectivity index (χ3v) is 4.25. The molecule has 0 spiro atoms. The number of para-hydroxylation sites is 1. The van der Waals surface area contributed by atoms with Gasteiger partial charge in [0.2, 0.25) is 0 Å². The smallest absolute Gasteiger partial charge is 0.381 e. The van der Waals surface area contributed by atoms with Gasteiger partial charge in [-0.25, -0.2) is 0 Å². The molecule has 1 aliphatic heterocycles. The normalized spacial score (nSPS) is 21.1. The van der Waals surface area contributed by atoms with Gasteiger partial charge < -0.3 is 10.2 Å². The van der Waals surface area contributed by atoms with Gasteiger partial charge in [0, 0.05) is 12.6 Å². The maximum absolute atomic E-state index is 13.1. The Labute approximate surface area is 128 Å². The van der Waals surface area contributed by atoms with Crippen LogP contribution in [0.2, 0.25) is 5.02 Å². The van der Waals surface area contributed by atoms with Crippen molar-refractivity contribution in [1.29, 1.82) is 0 Å². The van der Waals surface area contributed by atoms with Crippen molar-refractivity contribution in [2.45, 2.75) is 38.4 Å². The molecule has 118 valence electrons. The fourth-order valence-corrected chi connectivity index (χ4v) is 2.96. The van der Waals surface area contributed by atoms with Crippen molar-refractivity contribution in [2.24, 2.45) is 0 Å². The Hall–Kier alpha value is -0.940. The standard InChI is InChI=1S/C15H20ClF3N2/c1-2-21-9-4-5-11(8-10-21)20-14-12(15(17,18)19)6-3-7-13(14)16/h3,6-7,11,20H,2,4-5,8-10H2,1H3. The van der Waals surface area contributed by atoms with Gasteiger partial charge >= 0.3 is 6.18 Å². The number of likely N-dealkylation sites (tertiary alicyclic amines) is 1. The van der Waals surface area contributed by atoms with Crippen LogP contribution in [0.25, 0.3) is 0 Å². The summed E-state index contributed by atoms with van der Waals surface area (Å²) >= 11 is 5.98. The maximum atomic E-state index is 13.1. The average molecular weight is 321 g/mol. The zero-order valence-corrected chi connectivity index (χ0v) is 12.8. The molecule has 1 unspecified atom stereocenters. The first-order valence-electron chi connectivity index (χ1n) is 7.26. The molecule has 0 aliphatic carbocycles. The highest BCUT2D eigenvalue weighted by atomic mass is 35.5. The molecule has 0 aromatic heterocycles. The fourth-order valence-electron chi connectivity index (χ4n) is 2.73. The van der Waals surface area contributed by atoms with Crippen LogP contribution in [-0.4, -0.2) is 30.6 Å². The molecule has 2 nitrogen and oxygen atoms in total. The van der Waals surface area contributed by atoms with Gasteiger partial charge in [-0.15, -0.1) is 0 Å². The van der Waals surface area contributed by atoms with E-state index in [-0.39, 0.29) is 16.8 Å². The number of hydrogen-bond donors (Lipinski definition) is 1. The highest BCUT2D eigenvalue weighted by molar-refractivity contribution is 6.33. The van der Waals surface area contributed by atoms with Gasteiger partial charge in [0.1, 0.15) is 0 Å². The molecule has 1 aromatic carbocycles. The summed E-state index contributed by atoms with van der Waals surface area (Å²) in [6.07, 6.45) is -1.72. The lowest BCUT2D eigenvalue weighted by atomic mass is 10.1. The summed E-state index contributed by atoms with van der Waals surface area (Å²) in [5.41, 5.74) is -0.673. The van der Waals surface area contributed by atoms with Crippen molar-refractivity contribution in [3.63, 3.8) is 0 Å². The Balaban J connectivity index is 2.16. The Morgan fingerprint density at radius 1 is 1.29 bits per heavy atom. The molecule has 0 amide bonds. The Morgan fingerprint density at radius 3 is 2.71 bits per heavy atom. The minimum atomic E-state index is -4.40. The highest BCUT2D eigenvalue weighted by Gasteiger charge is 2.35. The number of hydrogen-bond acceptors (Lipinski definition) is 2. The maximum Gasteiger partial charge on any atom is 0.418 e. The Morgan fingerprint density at radius 2 is 2.05 bits per heavy atom. The molecule has 1 heterocycles. The highest BCUT2D eigenvalue weighted by Crippen LogP contribution is 2.39. The van der Waals surface area contributed by atoms with Crippen molar-refractivity contribution in [3.8, 4) is 0 Å². The van der Waals surface area contributed by atoms with Gasteiger partial charge in [-0.2, -0.15) is 13.2 Å². The molecule has 1 aromatic rings. The molecule has 1 N–H and O–H groups in total. The third kappa shape index (κ3) is 4.27. The first-order chi connectivity index (χ1) is 9.91. The van der Waals surface area contributed by atoms with Crippen molar-refractivity contribution in [3.05, 3.63) is 28.8 Å². The van der Waals surface area contributed by atoms with Gasteiger partial charge in [-0.3, -0.25) is 0 Å². The van der Waals surface area contributed by atoms with Crippen molar-refractivity contribution in [1.82, 2.24) is 4.90 Å². The van der Waals surface area contributed by atoms with E-state index in [1.807, 2.05) is 0 Å². The molecular weight excluding hydrogens is 301 g/mol. The van der Waals surface area contributed by atoms with Gasteiger partial charge in [0.15, 0.2) is 0 Å². The summed E-state index contributed by atoms with van der Waals surface area (Å²) in [4.78, 5) is 2.32. The number of nitrogens with one attached hydrogen (secondary N) is 1. The first kappa shape index (κ1) is 16.4. The summed E-state index contributed by atoms with van der Waals surface area (Å²) in [5.74, 6) is 0. The average Bonchev–Trinajstić information content (AvgIpc) is 2.65. The van der Waals surface area contributed by atoms with Gasteiger partial charge in [0.25, 0.3) is 0 Å². The molecule has 0 saturated carbocycles. The van der Waals surface area contributed by atoms with Crippen LogP contribution in [0, 0.1) is 0 Å². The van der Waals surface area contributed by atoms with Crippen LogP contribution in [0.5, 0.6) is 0 Å². The zero-order chi connectivity index (χ0) is 15.5. The molecule has 2 rings (SSSR count). The van der Waals surface area contributed by atoms with Gasteiger partial charge in [-0.05, 0) is 44.5 Å². The van der Waals surface area contributed by atoms with E-state index in [9.17, 15) is 13.2 Å². The lowest BCUT2D eigenvalue weighted by Crippen LogP contribution is -2.26. The number of nitrogens with zero attached hydrogens (tertiary/aromatic N) is 1. The number of alkyl halides is 3. The van der Waals surface area contributed by atoms with Crippen molar-refractivity contribution < 1.29 is 13.2 Å². The fraction of sp³-hybridized carbons (Fsp3) is 0.600. The van der Waals surface area contributed by atoms with Gasteiger partial charge in [0.05, 0.1) is 16.3 Å². The van der Waals surface area contributed by atoms with E-state index >= 15 is 0 Å². The Kier molecular flexibility index (Phi) is 5.38. The molecule has 6 heteroatoms. The van der Waals surface area contributed by atoms with Crippen LogP contribution < -0.4 is 5.32 Å². The molecule has 21 heavy (non-hydrogen) atoms. The van der Waals surface area contributed by atoms with Crippen LogP contribution in [0.4, 0.5) is 18.9 Å². The molecule has 1 aliphatic rings. The van der Waals surface area contributed by atoms with Crippen molar-refractivity contribution in [2.75, 3.05) is 25.0 Å². The monoisotopic (exact) mass is 320 g/mol. The van der Waals surface area contributed by atoms with E-state index in [1.54, 1.807) is 0 Å². The predicted molar refractivity (Wildman–Crippen MR) is 79.8 cm³/mol. The van der Waals surface area contributed by atoms with Crippen LogP contribution in [0.3, 0.4) is 0 Å². The van der Waals surface area contributed by atoms with Crippen LogP contribution in [0.1, 0.15) is 31.7 Å². The third-order valence-electron chi connectivity index (χ3n) is 3.94. The summed E-state index contributed by atoms with van der Waals surface area (Å²) in [6.45, 7) is 4.99. The first-order valence-corrected chi connectivity index (χ1v) is 7.64. The summed E-state index contributed by atoms with van der Waals surface area (Å²) in [6, 6.07) is 3.93. The number of benzene rings is 1. The van der Waals surface area contributed by atoms with E-state index in [4.69, 9.17) is 11.6 Å². The van der Waals surface area contributed by atoms with Crippen LogP contribution >= 0.6 is 11.6 Å². The predicted octanol–water partition coefficient (Wildman–Crippen LogP) is 4.65. The quantitative estimate of drug-likeness (QED) is 0.872. The van der Waals surface area contributed by atoms with Crippen molar-refractivity contribution >= 4 is 17.3 Å². The zero-order valence-electron chi connectivity index (χ0n) is 12.0. The molecule has 0 radical (unpaired) electrons. The van der Waals surface area contributed by atoms with E-state index in [2.05, 4.69) is 17.1 Å². The van der Waals surface area contributed by atoms with Gasteiger partial charge in [-0.1, -0.05) is 24.6 Å². The largest absolute Gasteiger partial charge is 0.418 e. The minimum Gasteiger partial charge on any atom is -0.381 e. The van der Waals surface area contributed by atoms with Crippen LogP contribution in [0.15, 0.2) is 18.2 Å². The summed E-state index contributed by atoms with van der Waals surface area (Å²) < 4.78 is 39.2. The number of rotatable bonds is 3. The topological polar surface area (TPSA) is 15.3 Å². The molecule has 0 bridgehead atoms. The lowest BCUT2D eigenvalue weighted by molar-refractivity contribution is -0.137. The van der Waals surface area contributed by atoms with Crippen LogP contribution in [-0.2, 0) is 6.18 Å². The lowest BCUT2D eigenvalue weighted by Gasteiger charge is -2.22. The Bertz CT molecular complexity index is 476. The second-order valence-corrected chi connectivity index (χ2v) is 5.77.